The van der Waals surface area contributed by atoms with Gasteiger partial charge in [0, 0.05) is 36.3 Å². The van der Waals surface area contributed by atoms with E-state index in [0.717, 1.165) is 38.5 Å². The highest BCUT2D eigenvalue weighted by Gasteiger charge is 2.23. The fraction of sp³-hybridized carbons (Fsp3) is 0. The van der Waals surface area contributed by atoms with Crippen molar-refractivity contribution in [2.24, 2.45) is 0 Å². The van der Waals surface area contributed by atoms with Crippen LogP contribution in [0.1, 0.15) is 0 Å². The summed E-state index contributed by atoms with van der Waals surface area (Å²) in [5, 5.41) is 10.8. The maximum Gasteiger partial charge on any atom is 0.179 e. The molecule has 0 saturated heterocycles. The fourth-order valence-corrected chi connectivity index (χ4v) is 8.34. The van der Waals surface area contributed by atoms with Gasteiger partial charge in [-0.3, -0.25) is 0 Å². The van der Waals surface area contributed by atoms with Gasteiger partial charge in [0.15, 0.2) is 11.2 Å². The lowest BCUT2D eigenvalue weighted by molar-refractivity contribution is 0.600. The number of fused-ring (bicyclic) bond motifs is 10. The molecule has 3 heterocycles. The first kappa shape index (κ1) is 23.2. The monoisotopic (exact) mass is 566 g/mol. The van der Waals surface area contributed by atoms with Gasteiger partial charge in [-0.05, 0) is 74.1 Å². The molecule has 0 aliphatic rings. The molecule has 10 aromatic rings. The zero-order chi connectivity index (χ0) is 28.1. The molecule has 0 bridgehead atoms. The topological polar surface area (TPSA) is 26.3 Å². The highest BCUT2D eigenvalue weighted by atomic mass is 32.1. The number of benzene rings is 7. The smallest absolute Gasteiger partial charge is 0.179 e. The second-order valence-electron chi connectivity index (χ2n) is 11.2. The molecule has 0 fully saturated rings. The third kappa shape index (κ3) is 3.12. The first-order valence-corrected chi connectivity index (χ1v) is 15.3. The van der Waals surface area contributed by atoms with Crippen molar-refractivity contribution in [1.29, 1.82) is 0 Å². The summed E-state index contributed by atoms with van der Waals surface area (Å²) in [4.78, 5) is 0. The van der Waals surface area contributed by atoms with Gasteiger partial charge >= 0.3 is 0 Å². The number of hydrogen-bond donors (Lipinski definition) is 0. The molecule has 43 heavy (non-hydrogen) atoms. The van der Waals surface area contributed by atoms with Crippen LogP contribution in [0.25, 0.3) is 96.9 Å². The summed E-state index contributed by atoms with van der Waals surface area (Å²) >= 11 is 1.87. The zero-order valence-corrected chi connectivity index (χ0v) is 23.7. The highest BCUT2D eigenvalue weighted by molar-refractivity contribution is 7.25. The van der Waals surface area contributed by atoms with Crippen molar-refractivity contribution in [3.05, 3.63) is 134 Å². The molecule has 0 saturated carbocycles. The molecule has 0 atom stereocenters. The number of hydrogen-bond acceptors (Lipinski definition) is 3. The van der Waals surface area contributed by atoms with Crippen molar-refractivity contribution in [2.45, 2.75) is 0 Å². The second-order valence-corrected chi connectivity index (χ2v) is 12.3. The Hall–Kier alpha value is -5.38. The van der Waals surface area contributed by atoms with Crippen molar-refractivity contribution in [3.8, 4) is 22.3 Å². The predicted molar refractivity (Wildman–Crippen MR) is 182 cm³/mol. The molecular weight excluding hydrogens is 545 g/mol. The molecule has 7 aromatic carbocycles. The molecule has 0 unspecified atom stereocenters. The number of rotatable bonds is 2. The number of furan rings is 2. The number of thiophene rings is 1. The molecule has 0 aliphatic carbocycles. The van der Waals surface area contributed by atoms with E-state index in [1.165, 1.54) is 58.4 Å². The second kappa shape index (κ2) is 8.57. The van der Waals surface area contributed by atoms with Crippen LogP contribution in [-0.2, 0) is 0 Å². The van der Waals surface area contributed by atoms with Crippen LogP contribution in [0.4, 0.5) is 0 Å². The van der Waals surface area contributed by atoms with E-state index in [1.807, 2.05) is 29.5 Å². The Labute approximate surface area is 250 Å². The van der Waals surface area contributed by atoms with Gasteiger partial charge in [0.2, 0.25) is 0 Å². The maximum absolute atomic E-state index is 6.49. The molecule has 2 nitrogen and oxygen atoms in total. The minimum Gasteiger partial charge on any atom is -0.460 e. The van der Waals surface area contributed by atoms with Crippen LogP contribution in [0, 0.1) is 0 Å². The van der Waals surface area contributed by atoms with Crippen molar-refractivity contribution in [3.63, 3.8) is 0 Å². The Morgan fingerprint density at radius 1 is 0.442 bits per heavy atom. The minimum atomic E-state index is 0.788. The quantitative estimate of drug-likeness (QED) is 0.195. The van der Waals surface area contributed by atoms with E-state index in [0.29, 0.717) is 0 Å². The summed E-state index contributed by atoms with van der Waals surface area (Å²) in [5.41, 5.74) is 7.38. The Bertz CT molecular complexity index is 2680. The lowest BCUT2D eigenvalue weighted by Gasteiger charge is -2.19. The van der Waals surface area contributed by atoms with Gasteiger partial charge in [-0.25, -0.2) is 0 Å². The van der Waals surface area contributed by atoms with Gasteiger partial charge in [0.25, 0.3) is 0 Å². The standard InChI is InChI=1S/C40H22O2S/c1-3-12-26-24(10-1)35(30-16-9-19-34-37(30)29-15-6-8-18-33(29)43-34)25-11-2-4-13-27(25)36(26)31-22-23-20-21-41-39(23)40-38(31)28-14-5-7-17-32(28)42-40/h1-22H. The molecular formula is C40H22O2S. The average molecular weight is 567 g/mol. The summed E-state index contributed by atoms with van der Waals surface area (Å²) in [6.45, 7) is 0. The van der Waals surface area contributed by atoms with Crippen molar-refractivity contribution in [1.82, 2.24) is 0 Å². The lowest BCUT2D eigenvalue weighted by atomic mass is 9.84. The third-order valence-corrected chi connectivity index (χ3v) is 10.1. The Morgan fingerprint density at radius 3 is 1.79 bits per heavy atom. The molecule has 0 N–H and O–H groups in total. The summed E-state index contributed by atoms with van der Waals surface area (Å²) in [6, 6.07) is 45.9. The van der Waals surface area contributed by atoms with E-state index in [9.17, 15) is 0 Å². The fourth-order valence-electron chi connectivity index (χ4n) is 7.21. The summed E-state index contributed by atoms with van der Waals surface area (Å²) < 4.78 is 15.1. The van der Waals surface area contributed by atoms with Crippen LogP contribution in [0.5, 0.6) is 0 Å². The number of para-hydroxylation sites is 1. The predicted octanol–water partition coefficient (Wildman–Crippen LogP) is 12.3. The molecule has 3 aromatic heterocycles. The van der Waals surface area contributed by atoms with E-state index in [1.54, 1.807) is 6.26 Å². The molecule has 0 aliphatic heterocycles. The summed E-state index contributed by atoms with van der Waals surface area (Å²) in [5.74, 6) is 0. The minimum absolute atomic E-state index is 0.788. The summed E-state index contributed by atoms with van der Waals surface area (Å²) in [6.07, 6.45) is 1.76. The highest BCUT2D eigenvalue weighted by Crippen LogP contribution is 2.50. The van der Waals surface area contributed by atoms with Crippen molar-refractivity contribution < 1.29 is 8.83 Å². The normalized spacial score (nSPS) is 12.2. The first-order chi connectivity index (χ1) is 21.3. The van der Waals surface area contributed by atoms with E-state index in [-0.39, 0.29) is 0 Å². The van der Waals surface area contributed by atoms with Crippen LogP contribution in [0.2, 0.25) is 0 Å². The molecule has 0 spiro atoms. The first-order valence-electron chi connectivity index (χ1n) is 14.5. The van der Waals surface area contributed by atoms with Gasteiger partial charge in [-0.2, -0.15) is 0 Å². The molecule has 0 amide bonds. The van der Waals surface area contributed by atoms with E-state index >= 15 is 0 Å². The molecule has 200 valence electrons. The SMILES string of the molecule is c1ccc2c(c1)oc1c3occc3cc(-c3c4ccccc4c(-c4cccc5sc6ccccc6c45)c4ccccc34)c21. The van der Waals surface area contributed by atoms with Crippen molar-refractivity contribution in [2.75, 3.05) is 0 Å². The van der Waals surface area contributed by atoms with E-state index in [2.05, 4.69) is 109 Å². The van der Waals surface area contributed by atoms with Crippen LogP contribution >= 0.6 is 11.3 Å². The van der Waals surface area contributed by atoms with Crippen LogP contribution in [0.15, 0.2) is 142 Å². The Morgan fingerprint density at radius 2 is 1.05 bits per heavy atom. The Balaban J connectivity index is 1.43. The zero-order valence-electron chi connectivity index (χ0n) is 22.9. The van der Waals surface area contributed by atoms with Crippen LogP contribution in [0.3, 0.4) is 0 Å². The van der Waals surface area contributed by atoms with Crippen LogP contribution in [-0.4, -0.2) is 0 Å². The third-order valence-electron chi connectivity index (χ3n) is 8.94. The molecule has 10 rings (SSSR count). The van der Waals surface area contributed by atoms with E-state index < -0.39 is 0 Å². The van der Waals surface area contributed by atoms with E-state index in [4.69, 9.17) is 8.83 Å². The largest absolute Gasteiger partial charge is 0.460 e. The Kier molecular flexibility index (Phi) is 4.63. The van der Waals surface area contributed by atoms with Gasteiger partial charge in [-0.1, -0.05) is 97.1 Å². The van der Waals surface area contributed by atoms with Gasteiger partial charge in [0.05, 0.1) is 6.26 Å². The molecule has 3 heteroatoms. The van der Waals surface area contributed by atoms with Gasteiger partial charge in [-0.15, -0.1) is 11.3 Å². The van der Waals surface area contributed by atoms with Crippen molar-refractivity contribution >= 4 is 86.0 Å². The summed E-state index contributed by atoms with van der Waals surface area (Å²) in [7, 11) is 0. The lowest BCUT2D eigenvalue weighted by Crippen LogP contribution is -1.92. The van der Waals surface area contributed by atoms with Crippen LogP contribution < -0.4 is 0 Å². The van der Waals surface area contributed by atoms with Gasteiger partial charge < -0.3 is 8.83 Å². The average Bonchev–Trinajstić information content (AvgIpc) is 3.78. The molecule has 0 radical (unpaired) electrons. The maximum atomic E-state index is 6.49. The van der Waals surface area contributed by atoms with Gasteiger partial charge in [0.1, 0.15) is 5.58 Å².